The van der Waals surface area contributed by atoms with E-state index < -0.39 is 26.5 Å². The summed E-state index contributed by atoms with van der Waals surface area (Å²) in [5.74, 6) is -0.974. The maximum atomic E-state index is 13.6. The summed E-state index contributed by atoms with van der Waals surface area (Å²) < 4.78 is 40.3. The Morgan fingerprint density at radius 3 is 2.48 bits per heavy atom. The number of rotatable bonds is 4. The second-order valence-corrected chi connectivity index (χ2v) is 7.80. The van der Waals surface area contributed by atoms with Crippen molar-refractivity contribution in [3.8, 4) is 0 Å². The van der Waals surface area contributed by atoms with Crippen molar-refractivity contribution in [3.63, 3.8) is 0 Å². The van der Waals surface area contributed by atoms with Crippen LogP contribution in [0.5, 0.6) is 0 Å². The molecule has 1 aromatic carbocycles. The molecule has 1 aliphatic carbocycles. The molecule has 0 spiro atoms. The predicted molar refractivity (Wildman–Crippen MR) is 79.6 cm³/mol. The van der Waals surface area contributed by atoms with Crippen molar-refractivity contribution in [2.75, 3.05) is 6.54 Å². The van der Waals surface area contributed by atoms with E-state index in [1.807, 2.05) is 0 Å². The molecule has 118 valence electrons. The minimum Gasteiger partial charge on any atom is -0.389 e. The Kier molecular flexibility index (Phi) is 5.15. The quantitative estimate of drug-likeness (QED) is 0.815. The average Bonchev–Trinajstić information content (AvgIpc) is 2.44. The van der Waals surface area contributed by atoms with Crippen LogP contribution in [0.2, 0.25) is 10.0 Å². The van der Waals surface area contributed by atoms with Gasteiger partial charge in [0.1, 0.15) is 4.90 Å². The van der Waals surface area contributed by atoms with Gasteiger partial charge >= 0.3 is 0 Å². The van der Waals surface area contributed by atoms with E-state index in [4.69, 9.17) is 23.2 Å². The molecule has 0 heterocycles. The topological polar surface area (TPSA) is 66.4 Å². The largest absolute Gasteiger partial charge is 0.389 e. The first kappa shape index (κ1) is 17.0. The molecule has 0 aliphatic heterocycles. The van der Waals surface area contributed by atoms with Crippen molar-refractivity contribution in [3.05, 3.63) is 28.0 Å². The lowest BCUT2D eigenvalue weighted by Gasteiger charge is -2.32. The predicted octanol–water partition coefficient (Wildman–Crippen LogP) is 3.11. The SMILES string of the molecule is O=S(=O)(NCC1(O)CCCCC1)c1ccc(Cl)c(F)c1Cl. The molecule has 0 aromatic heterocycles. The van der Waals surface area contributed by atoms with Crippen molar-refractivity contribution in [1.29, 1.82) is 0 Å². The van der Waals surface area contributed by atoms with Crippen LogP contribution in [0.25, 0.3) is 0 Å². The van der Waals surface area contributed by atoms with Crippen LogP contribution < -0.4 is 4.72 Å². The van der Waals surface area contributed by atoms with Gasteiger partial charge in [-0.2, -0.15) is 0 Å². The molecule has 1 aromatic rings. The maximum absolute atomic E-state index is 13.6. The maximum Gasteiger partial charge on any atom is 0.242 e. The van der Waals surface area contributed by atoms with Gasteiger partial charge in [0.25, 0.3) is 0 Å². The van der Waals surface area contributed by atoms with Gasteiger partial charge in [0.05, 0.1) is 15.6 Å². The van der Waals surface area contributed by atoms with Gasteiger partial charge in [0.2, 0.25) is 10.0 Å². The summed E-state index contributed by atoms with van der Waals surface area (Å²) in [6.45, 7) is -0.115. The molecule has 2 N–H and O–H groups in total. The third-order valence-corrected chi connectivity index (χ3v) is 5.88. The fraction of sp³-hybridized carbons (Fsp3) is 0.538. The minimum absolute atomic E-state index is 0.115. The molecule has 2 rings (SSSR count). The normalized spacial score (nSPS) is 18.7. The summed E-state index contributed by atoms with van der Waals surface area (Å²) in [6, 6.07) is 2.27. The van der Waals surface area contributed by atoms with Gasteiger partial charge in [-0.05, 0) is 25.0 Å². The molecule has 0 atom stereocenters. The molecule has 0 amide bonds. The monoisotopic (exact) mass is 355 g/mol. The molecule has 8 heteroatoms. The van der Waals surface area contributed by atoms with E-state index in [1.165, 1.54) is 0 Å². The van der Waals surface area contributed by atoms with Crippen molar-refractivity contribution in [2.24, 2.45) is 0 Å². The molecular formula is C13H16Cl2FNO3S. The first-order valence-corrected chi connectivity index (χ1v) is 8.85. The lowest BCUT2D eigenvalue weighted by Crippen LogP contribution is -2.44. The van der Waals surface area contributed by atoms with Crippen LogP contribution >= 0.6 is 23.2 Å². The molecule has 4 nitrogen and oxygen atoms in total. The number of sulfonamides is 1. The molecule has 0 unspecified atom stereocenters. The summed E-state index contributed by atoms with van der Waals surface area (Å²) in [6.07, 6.45) is 3.82. The third-order valence-electron chi connectivity index (χ3n) is 3.66. The Labute approximate surface area is 133 Å². The molecule has 1 fully saturated rings. The highest BCUT2D eigenvalue weighted by atomic mass is 35.5. The Morgan fingerprint density at radius 1 is 1.24 bits per heavy atom. The number of nitrogens with one attached hydrogen (secondary N) is 1. The number of hydrogen-bond donors (Lipinski definition) is 2. The van der Waals surface area contributed by atoms with Crippen LogP contribution in [0.3, 0.4) is 0 Å². The van der Waals surface area contributed by atoms with Gasteiger partial charge in [-0.25, -0.2) is 17.5 Å². The van der Waals surface area contributed by atoms with Gasteiger partial charge in [-0.1, -0.05) is 42.5 Å². The van der Waals surface area contributed by atoms with Crippen LogP contribution in [0.1, 0.15) is 32.1 Å². The molecule has 1 aliphatic rings. The van der Waals surface area contributed by atoms with Gasteiger partial charge in [-0.15, -0.1) is 0 Å². The van der Waals surface area contributed by atoms with Crippen molar-refractivity contribution in [1.82, 2.24) is 4.72 Å². The number of benzene rings is 1. The zero-order valence-corrected chi connectivity index (χ0v) is 13.5. The molecule has 1 saturated carbocycles. The van der Waals surface area contributed by atoms with E-state index in [9.17, 15) is 17.9 Å². The fourth-order valence-electron chi connectivity index (χ4n) is 2.41. The second-order valence-electron chi connectivity index (χ2n) is 5.28. The van der Waals surface area contributed by atoms with E-state index in [0.29, 0.717) is 12.8 Å². The standard InChI is InChI=1S/C13H16Cl2FNO3S/c14-9-4-5-10(11(15)12(9)16)21(19,20)17-8-13(18)6-2-1-3-7-13/h4-5,17-18H,1-3,6-8H2. The van der Waals surface area contributed by atoms with E-state index in [0.717, 1.165) is 31.4 Å². The summed E-state index contributed by atoms with van der Waals surface area (Å²) in [5, 5.41) is 9.50. The Morgan fingerprint density at radius 2 is 1.86 bits per heavy atom. The highest BCUT2D eigenvalue weighted by molar-refractivity contribution is 7.89. The van der Waals surface area contributed by atoms with Crippen LogP contribution in [-0.4, -0.2) is 25.7 Å². The summed E-state index contributed by atoms with van der Waals surface area (Å²) in [4.78, 5) is -0.384. The lowest BCUT2D eigenvalue weighted by atomic mass is 9.85. The minimum atomic E-state index is -4.01. The Balaban J connectivity index is 2.17. The Bertz CT molecular complexity index is 631. The van der Waals surface area contributed by atoms with Gasteiger partial charge in [0, 0.05) is 6.54 Å². The van der Waals surface area contributed by atoms with Gasteiger partial charge in [0.15, 0.2) is 5.82 Å². The Hall–Kier alpha value is -0.400. The van der Waals surface area contributed by atoms with E-state index in [-0.39, 0.29) is 16.5 Å². The molecule has 0 bridgehead atoms. The highest BCUT2D eigenvalue weighted by Crippen LogP contribution is 2.31. The number of halogens is 3. The van der Waals surface area contributed by atoms with Crippen LogP contribution in [-0.2, 0) is 10.0 Å². The van der Waals surface area contributed by atoms with E-state index in [2.05, 4.69) is 4.72 Å². The van der Waals surface area contributed by atoms with Crippen molar-refractivity contribution in [2.45, 2.75) is 42.6 Å². The third kappa shape index (κ3) is 3.87. The summed E-state index contributed by atoms with van der Waals surface area (Å²) >= 11 is 11.2. The van der Waals surface area contributed by atoms with Crippen LogP contribution in [0.15, 0.2) is 17.0 Å². The molecule has 0 radical (unpaired) electrons. The van der Waals surface area contributed by atoms with Crippen molar-refractivity contribution < 1.29 is 17.9 Å². The van der Waals surface area contributed by atoms with Gasteiger partial charge in [-0.3, -0.25) is 0 Å². The number of aliphatic hydroxyl groups is 1. The van der Waals surface area contributed by atoms with Crippen LogP contribution in [0, 0.1) is 5.82 Å². The van der Waals surface area contributed by atoms with E-state index in [1.54, 1.807) is 0 Å². The first-order chi connectivity index (χ1) is 9.75. The smallest absolute Gasteiger partial charge is 0.242 e. The second kappa shape index (κ2) is 6.38. The van der Waals surface area contributed by atoms with Crippen LogP contribution in [0.4, 0.5) is 4.39 Å². The summed E-state index contributed by atoms with van der Waals surface area (Å²) in [7, 11) is -4.01. The molecule has 0 saturated heterocycles. The zero-order valence-electron chi connectivity index (χ0n) is 11.2. The van der Waals surface area contributed by atoms with E-state index >= 15 is 0 Å². The summed E-state index contributed by atoms with van der Waals surface area (Å²) in [5.41, 5.74) is -1.05. The van der Waals surface area contributed by atoms with Gasteiger partial charge < -0.3 is 5.11 Å². The molecule has 21 heavy (non-hydrogen) atoms. The van der Waals surface area contributed by atoms with Crippen molar-refractivity contribution >= 4 is 33.2 Å². The lowest BCUT2D eigenvalue weighted by molar-refractivity contribution is 0.00945. The molecular weight excluding hydrogens is 340 g/mol. The average molecular weight is 356 g/mol. The fourth-order valence-corrected chi connectivity index (χ4v) is 4.27. The zero-order chi connectivity index (χ0) is 15.7. The number of hydrogen-bond acceptors (Lipinski definition) is 3. The first-order valence-electron chi connectivity index (χ1n) is 6.61. The highest BCUT2D eigenvalue weighted by Gasteiger charge is 2.31.